The molecule has 0 rings (SSSR count). The molecule has 1 atom stereocenters. The fourth-order valence-electron chi connectivity index (χ4n) is 2.77. The highest BCUT2D eigenvalue weighted by atomic mass is 16.5. The number of allylic oxidation sites excluding steroid dienone is 1. The van der Waals surface area contributed by atoms with Crippen molar-refractivity contribution in [2.45, 2.75) is 110 Å². The standard InChI is InChI=1S/C21H40O3/c1-3-5-6-7-8-9-10-13-16-20(24-19-4-2)17-14-11-12-15-18-21(22)23/h13,16,20H,3-12,14-15,17-19H2,1-2H3,(H,22,23). The van der Waals surface area contributed by atoms with Crippen LogP contribution in [-0.2, 0) is 9.53 Å². The number of carbonyl (C=O) groups is 1. The zero-order chi connectivity index (χ0) is 17.9. The van der Waals surface area contributed by atoms with Crippen LogP contribution in [0.3, 0.4) is 0 Å². The molecule has 0 radical (unpaired) electrons. The molecule has 1 N–H and O–H groups in total. The van der Waals surface area contributed by atoms with Gasteiger partial charge >= 0.3 is 5.97 Å². The maximum Gasteiger partial charge on any atom is 0.303 e. The van der Waals surface area contributed by atoms with Crippen molar-refractivity contribution in [2.24, 2.45) is 0 Å². The van der Waals surface area contributed by atoms with Crippen LogP contribution in [0.1, 0.15) is 104 Å². The van der Waals surface area contributed by atoms with Crippen LogP contribution < -0.4 is 0 Å². The molecule has 0 aliphatic heterocycles. The van der Waals surface area contributed by atoms with Crippen molar-refractivity contribution in [3.05, 3.63) is 12.2 Å². The first-order valence-electron chi connectivity index (χ1n) is 10.2. The molecule has 142 valence electrons. The van der Waals surface area contributed by atoms with E-state index in [-0.39, 0.29) is 6.10 Å². The normalized spacial score (nSPS) is 12.8. The van der Waals surface area contributed by atoms with Crippen LogP contribution in [0.5, 0.6) is 0 Å². The first-order chi connectivity index (χ1) is 11.7. The number of hydrogen-bond donors (Lipinski definition) is 1. The number of unbranched alkanes of at least 4 members (excludes halogenated alkanes) is 9. The second-order valence-corrected chi connectivity index (χ2v) is 6.74. The lowest BCUT2D eigenvalue weighted by molar-refractivity contribution is -0.137. The van der Waals surface area contributed by atoms with Crippen LogP contribution in [0.15, 0.2) is 12.2 Å². The molecule has 1 unspecified atom stereocenters. The number of aliphatic carboxylic acids is 1. The average molecular weight is 341 g/mol. The fraction of sp³-hybridized carbons (Fsp3) is 0.857. The van der Waals surface area contributed by atoms with Crippen LogP contribution in [0.25, 0.3) is 0 Å². The van der Waals surface area contributed by atoms with Crippen LogP contribution in [0, 0.1) is 0 Å². The SMILES string of the molecule is CCCCCCCCC=CC(CCCCCCC(=O)O)OCCC. The predicted octanol–water partition coefficient (Wildman–Crippen LogP) is 6.51. The van der Waals surface area contributed by atoms with Gasteiger partial charge in [0.2, 0.25) is 0 Å². The highest BCUT2D eigenvalue weighted by Gasteiger charge is 2.04. The molecule has 3 nitrogen and oxygen atoms in total. The maximum atomic E-state index is 10.5. The van der Waals surface area contributed by atoms with Gasteiger partial charge in [0.1, 0.15) is 0 Å². The van der Waals surface area contributed by atoms with Gasteiger partial charge in [-0.15, -0.1) is 0 Å². The summed E-state index contributed by atoms with van der Waals surface area (Å²) in [5.41, 5.74) is 0. The number of rotatable bonds is 18. The van der Waals surface area contributed by atoms with Gasteiger partial charge in [-0.2, -0.15) is 0 Å². The van der Waals surface area contributed by atoms with E-state index in [1.807, 2.05) is 0 Å². The van der Waals surface area contributed by atoms with Crippen molar-refractivity contribution in [3.8, 4) is 0 Å². The Morgan fingerprint density at radius 1 is 0.917 bits per heavy atom. The Bertz CT molecular complexity index is 299. The van der Waals surface area contributed by atoms with Crippen molar-refractivity contribution < 1.29 is 14.6 Å². The van der Waals surface area contributed by atoms with E-state index >= 15 is 0 Å². The summed E-state index contributed by atoms with van der Waals surface area (Å²) in [6.07, 6.45) is 20.4. The van der Waals surface area contributed by atoms with Crippen LogP contribution in [0.2, 0.25) is 0 Å². The third-order valence-electron chi connectivity index (χ3n) is 4.24. The molecule has 0 heterocycles. The lowest BCUT2D eigenvalue weighted by Crippen LogP contribution is -2.10. The zero-order valence-electron chi connectivity index (χ0n) is 16.1. The molecule has 0 aliphatic rings. The van der Waals surface area contributed by atoms with E-state index in [4.69, 9.17) is 9.84 Å². The van der Waals surface area contributed by atoms with Crippen molar-refractivity contribution in [1.82, 2.24) is 0 Å². The largest absolute Gasteiger partial charge is 0.481 e. The third-order valence-corrected chi connectivity index (χ3v) is 4.24. The average Bonchev–Trinajstić information content (AvgIpc) is 2.57. The first-order valence-corrected chi connectivity index (χ1v) is 10.2. The van der Waals surface area contributed by atoms with Gasteiger partial charge in [-0.1, -0.05) is 77.4 Å². The molecule has 3 heteroatoms. The Morgan fingerprint density at radius 3 is 2.29 bits per heavy atom. The van der Waals surface area contributed by atoms with Crippen molar-refractivity contribution in [1.29, 1.82) is 0 Å². The maximum absolute atomic E-state index is 10.5. The summed E-state index contributed by atoms with van der Waals surface area (Å²) in [6.45, 7) is 5.22. The highest BCUT2D eigenvalue weighted by Crippen LogP contribution is 2.13. The van der Waals surface area contributed by atoms with E-state index in [0.29, 0.717) is 6.42 Å². The molecule has 0 fully saturated rings. The van der Waals surface area contributed by atoms with Crippen LogP contribution in [-0.4, -0.2) is 23.8 Å². The number of hydrogen-bond acceptors (Lipinski definition) is 2. The highest BCUT2D eigenvalue weighted by molar-refractivity contribution is 5.66. The molecule has 0 saturated heterocycles. The van der Waals surface area contributed by atoms with Crippen molar-refractivity contribution in [2.75, 3.05) is 6.61 Å². The number of carboxylic acid groups (broad SMARTS) is 1. The van der Waals surface area contributed by atoms with Crippen LogP contribution >= 0.6 is 0 Å². The second kappa shape index (κ2) is 18.5. The molecular weight excluding hydrogens is 300 g/mol. The van der Waals surface area contributed by atoms with E-state index in [2.05, 4.69) is 26.0 Å². The van der Waals surface area contributed by atoms with E-state index in [9.17, 15) is 4.79 Å². The third kappa shape index (κ3) is 17.5. The molecule has 0 aromatic rings. The van der Waals surface area contributed by atoms with E-state index in [1.165, 1.54) is 38.5 Å². The number of ether oxygens (including phenoxy) is 1. The molecular formula is C21H40O3. The molecule has 0 saturated carbocycles. The van der Waals surface area contributed by atoms with E-state index in [0.717, 1.165) is 51.6 Å². The smallest absolute Gasteiger partial charge is 0.303 e. The minimum Gasteiger partial charge on any atom is -0.481 e. The summed E-state index contributed by atoms with van der Waals surface area (Å²) in [5, 5.41) is 8.63. The molecule has 0 aromatic carbocycles. The Balaban J connectivity index is 3.74. The van der Waals surface area contributed by atoms with Crippen LogP contribution in [0.4, 0.5) is 0 Å². The fourth-order valence-corrected chi connectivity index (χ4v) is 2.77. The molecule has 24 heavy (non-hydrogen) atoms. The summed E-state index contributed by atoms with van der Waals surface area (Å²) in [4.78, 5) is 10.5. The predicted molar refractivity (Wildman–Crippen MR) is 103 cm³/mol. The topological polar surface area (TPSA) is 46.5 Å². The zero-order valence-corrected chi connectivity index (χ0v) is 16.1. The summed E-state index contributed by atoms with van der Waals surface area (Å²) < 4.78 is 5.91. The Morgan fingerprint density at radius 2 is 1.58 bits per heavy atom. The molecule has 0 bridgehead atoms. The van der Waals surface area contributed by atoms with Gasteiger partial charge in [-0.05, 0) is 32.1 Å². The van der Waals surface area contributed by atoms with Gasteiger partial charge in [0.15, 0.2) is 0 Å². The summed E-state index contributed by atoms with van der Waals surface area (Å²) in [5.74, 6) is -0.684. The quantitative estimate of drug-likeness (QED) is 0.228. The van der Waals surface area contributed by atoms with Crippen molar-refractivity contribution >= 4 is 5.97 Å². The van der Waals surface area contributed by atoms with Crippen molar-refractivity contribution in [3.63, 3.8) is 0 Å². The minimum absolute atomic E-state index is 0.240. The Labute approximate surface area is 149 Å². The lowest BCUT2D eigenvalue weighted by Gasteiger charge is -2.13. The Hall–Kier alpha value is -0.830. The lowest BCUT2D eigenvalue weighted by atomic mass is 10.1. The minimum atomic E-state index is -0.684. The molecule has 0 spiro atoms. The van der Waals surface area contributed by atoms with Gasteiger partial charge in [0, 0.05) is 13.0 Å². The first kappa shape index (κ1) is 23.2. The summed E-state index contributed by atoms with van der Waals surface area (Å²) in [6, 6.07) is 0. The summed E-state index contributed by atoms with van der Waals surface area (Å²) >= 11 is 0. The van der Waals surface area contributed by atoms with Gasteiger partial charge < -0.3 is 9.84 Å². The Kier molecular flexibility index (Phi) is 17.9. The second-order valence-electron chi connectivity index (χ2n) is 6.74. The van der Waals surface area contributed by atoms with Gasteiger partial charge in [-0.3, -0.25) is 4.79 Å². The molecule has 0 amide bonds. The van der Waals surface area contributed by atoms with E-state index < -0.39 is 5.97 Å². The van der Waals surface area contributed by atoms with E-state index in [1.54, 1.807) is 0 Å². The van der Waals surface area contributed by atoms with Gasteiger partial charge in [0.05, 0.1) is 6.10 Å². The molecule has 0 aliphatic carbocycles. The van der Waals surface area contributed by atoms with Gasteiger partial charge in [0.25, 0.3) is 0 Å². The summed E-state index contributed by atoms with van der Waals surface area (Å²) in [7, 11) is 0. The molecule has 0 aromatic heterocycles. The monoisotopic (exact) mass is 340 g/mol. The van der Waals surface area contributed by atoms with Gasteiger partial charge in [-0.25, -0.2) is 0 Å². The number of carboxylic acids is 1.